The fraction of sp³-hybridized carbons (Fsp3) is 0.222. The Bertz CT molecular complexity index is 1610. The van der Waals surface area contributed by atoms with Gasteiger partial charge in [-0.3, -0.25) is 14.4 Å². The van der Waals surface area contributed by atoms with Crippen molar-refractivity contribution in [1.82, 2.24) is 14.9 Å². The van der Waals surface area contributed by atoms with E-state index >= 15 is 0 Å². The Kier molecular flexibility index (Phi) is 8.99. The summed E-state index contributed by atoms with van der Waals surface area (Å²) >= 11 is 0. The quantitative estimate of drug-likeness (QED) is 0.200. The number of hydrogen-bond acceptors (Lipinski definition) is 10. The molecule has 0 saturated heterocycles. The number of hydrogen-bond donors (Lipinski definition) is 4. The highest BCUT2D eigenvalue weighted by Crippen LogP contribution is 2.31. The van der Waals surface area contributed by atoms with Crippen molar-refractivity contribution in [1.29, 1.82) is 0 Å². The van der Waals surface area contributed by atoms with Gasteiger partial charge in [0, 0.05) is 43.2 Å². The Morgan fingerprint density at radius 3 is 2.38 bits per heavy atom. The van der Waals surface area contributed by atoms with Crippen LogP contribution in [-0.2, 0) is 19.6 Å². The molecule has 0 atom stereocenters. The molecule has 13 heteroatoms. The average Bonchev–Trinajstić information content (AvgIpc) is 2.91. The number of methoxy groups -OCH3 is 2. The maximum absolute atomic E-state index is 13.4. The van der Waals surface area contributed by atoms with Crippen molar-refractivity contribution in [2.45, 2.75) is 4.90 Å². The highest BCUT2D eigenvalue weighted by atomic mass is 32.2. The zero-order valence-electron chi connectivity index (χ0n) is 22.2. The summed E-state index contributed by atoms with van der Waals surface area (Å²) in [6, 6.07) is 17.4. The minimum atomic E-state index is -4.16. The minimum absolute atomic E-state index is 0.0542. The van der Waals surface area contributed by atoms with Crippen molar-refractivity contribution < 1.29 is 27.8 Å². The molecule has 210 valence electrons. The molecule has 0 saturated carbocycles. The summed E-state index contributed by atoms with van der Waals surface area (Å²) in [5, 5.41) is 15.8. The molecule has 0 radical (unpaired) electrons. The number of para-hydroxylation sites is 2. The van der Waals surface area contributed by atoms with E-state index in [1.54, 1.807) is 55.5 Å². The van der Waals surface area contributed by atoms with Gasteiger partial charge in [0.2, 0.25) is 5.91 Å². The summed E-state index contributed by atoms with van der Waals surface area (Å²) in [6.07, 6.45) is 0. The standard InChI is InChI=1S/C27H30N6O6S/c1-33(11-12-38-2)17-25(35)28-18-7-6-8-22(15-18)40(36,37)32-27-26(30-23-9-4-5-10-24(23)31-27)29-19-13-20(34)16-21(14-19)39-3/h4-10,13-16,34H,11-12,17H2,1-3H3,(H,28,35)(H,29,30)(H,31,32). The SMILES string of the molecule is COCCN(C)CC(=O)Nc1cccc(S(=O)(=O)Nc2nc3ccccc3nc2Nc2cc(O)cc(OC)c2)c1. The lowest BCUT2D eigenvalue weighted by Crippen LogP contribution is -2.32. The maximum atomic E-state index is 13.4. The topological polar surface area (TPSA) is 155 Å². The smallest absolute Gasteiger partial charge is 0.263 e. The number of aromatic hydroxyl groups is 1. The van der Waals surface area contributed by atoms with Gasteiger partial charge < -0.3 is 25.2 Å². The molecule has 1 amide bonds. The Labute approximate surface area is 232 Å². The van der Waals surface area contributed by atoms with Gasteiger partial charge in [0.15, 0.2) is 11.6 Å². The molecule has 3 aromatic carbocycles. The lowest BCUT2D eigenvalue weighted by Gasteiger charge is -2.16. The molecule has 12 nitrogen and oxygen atoms in total. The number of benzene rings is 3. The third kappa shape index (κ3) is 7.34. The molecule has 0 aliphatic rings. The van der Waals surface area contributed by atoms with Crippen molar-refractivity contribution >= 4 is 50.0 Å². The van der Waals surface area contributed by atoms with Gasteiger partial charge in [-0.1, -0.05) is 18.2 Å². The number of rotatable bonds is 12. The maximum Gasteiger partial charge on any atom is 0.263 e. The highest BCUT2D eigenvalue weighted by molar-refractivity contribution is 7.92. The van der Waals surface area contributed by atoms with Gasteiger partial charge in [0.05, 0.1) is 36.2 Å². The summed E-state index contributed by atoms with van der Waals surface area (Å²) in [6.45, 7) is 1.16. The van der Waals surface area contributed by atoms with Crippen LogP contribution in [0.25, 0.3) is 11.0 Å². The van der Waals surface area contributed by atoms with Crippen LogP contribution in [0.5, 0.6) is 11.5 Å². The van der Waals surface area contributed by atoms with Crippen LogP contribution in [0.3, 0.4) is 0 Å². The van der Waals surface area contributed by atoms with Crippen LogP contribution in [0.15, 0.2) is 71.6 Å². The van der Waals surface area contributed by atoms with E-state index in [9.17, 15) is 18.3 Å². The number of nitrogens with one attached hydrogen (secondary N) is 3. The number of likely N-dealkylation sites (N-methyl/N-ethyl adjacent to an activating group) is 1. The zero-order chi connectivity index (χ0) is 28.7. The molecule has 0 spiro atoms. The molecular formula is C27H30N6O6S. The fourth-order valence-electron chi connectivity index (χ4n) is 3.77. The van der Waals surface area contributed by atoms with Crippen molar-refractivity contribution in [2.24, 2.45) is 0 Å². The van der Waals surface area contributed by atoms with Crippen molar-refractivity contribution in [3.8, 4) is 11.5 Å². The number of amides is 1. The van der Waals surface area contributed by atoms with Crippen LogP contribution >= 0.6 is 0 Å². The Morgan fingerprint density at radius 2 is 1.68 bits per heavy atom. The number of carbonyl (C=O) groups excluding carboxylic acids is 1. The van der Waals surface area contributed by atoms with E-state index in [1.807, 2.05) is 0 Å². The number of phenolic OH excluding ortho intramolecular Hbond substituents is 1. The van der Waals surface area contributed by atoms with E-state index in [1.165, 1.54) is 37.4 Å². The lowest BCUT2D eigenvalue weighted by molar-refractivity contribution is -0.117. The van der Waals surface area contributed by atoms with Gasteiger partial charge >= 0.3 is 0 Å². The second-order valence-corrected chi connectivity index (χ2v) is 10.5. The van der Waals surface area contributed by atoms with Crippen molar-refractivity contribution in [3.63, 3.8) is 0 Å². The molecule has 0 fully saturated rings. The van der Waals surface area contributed by atoms with Crippen LogP contribution in [0, 0.1) is 0 Å². The molecule has 0 aliphatic heterocycles. The molecule has 4 N–H and O–H groups in total. The Morgan fingerprint density at radius 1 is 0.950 bits per heavy atom. The van der Waals surface area contributed by atoms with E-state index in [4.69, 9.17) is 9.47 Å². The summed E-state index contributed by atoms with van der Waals surface area (Å²) in [5.41, 5.74) is 1.72. The first kappa shape index (κ1) is 28.5. The van der Waals surface area contributed by atoms with Crippen LogP contribution in [-0.4, -0.2) is 75.3 Å². The molecule has 4 rings (SSSR count). The van der Waals surface area contributed by atoms with Crippen molar-refractivity contribution in [3.05, 3.63) is 66.7 Å². The lowest BCUT2D eigenvalue weighted by atomic mass is 10.2. The van der Waals surface area contributed by atoms with Crippen LogP contribution < -0.4 is 20.1 Å². The number of ether oxygens (including phenoxy) is 2. The second kappa shape index (κ2) is 12.6. The van der Waals surface area contributed by atoms with E-state index in [-0.39, 0.29) is 34.7 Å². The summed E-state index contributed by atoms with van der Waals surface area (Å²) < 4.78 is 39.6. The fourth-order valence-corrected chi connectivity index (χ4v) is 4.82. The van der Waals surface area contributed by atoms with E-state index in [0.29, 0.717) is 41.3 Å². The van der Waals surface area contributed by atoms with Gasteiger partial charge in [-0.05, 0) is 37.4 Å². The first-order valence-electron chi connectivity index (χ1n) is 12.2. The third-order valence-corrected chi connectivity index (χ3v) is 7.05. The molecular weight excluding hydrogens is 536 g/mol. The number of aromatic nitrogens is 2. The number of carbonyl (C=O) groups is 1. The molecule has 4 aromatic rings. The van der Waals surface area contributed by atoms with E-state index in [0.717, 1.165) is 0 Å². The van der Waals surface area contributed by atoms with Crippen LogP contribution in [0.1, 0.15) is 0 Å². The molecule has 40 heavy (non-hydrogen) atoms. The monoisotopic (exact) mass is 566 g/mol. The summed E-state index contributed by atoms with van der Waals surface area (Å²) in [4.78, 5) is 23.2. The van der Waals surface area contributed by atoms with Gasteiger partial charge in [0.1, 0.15) is 11.5 Å². The van der Waals surface area contributed by atoms with Gasteiger partial charge in [-0.2, -0.15) is 0 Å². The molecule has 1 aromatic heterocycles. The third-order valence-electron chi connectivity index (χ3n) is 5.71. The summed E-state index contributed by atoms with van der Waals surface area (Å²) in [7, 11) is 0.674. The number of anilines is 4. The highest BCUT2D eigenvalue weighted by Gasteiger charge is 2.20. The predicted molar refractivity (Wildman–Crippen MR) is 153 cm³/mol. The first-order chi connectivity index (χ1) is 19.2. The van der Waals surface area contributed by atoms with Gasteiger partial charge in [-0.25, -0.2) is 18.4 Å². The predicted octanol–water partition coefficient (Wildman–Crippen LogP) is 3.41. The largest absolute Gasteiger partial charge is 0.508 e. The Balaban J connectivity index is 1.61. The second-order valence-electron chi connectivity index (χ2n) is 8.87. The molecule has 0 unspecified atom stereocenters. The normalized spacial score (nSPS) is 11.4. The number of phenols is 1. The molecule has 0 aliphatic carbocycles. The van der Waals surface area contributed by atoms with E-state index in [2.05, 4.69) is 25.3 Å². The van der Waals surface area contributed by atoms with Gasteiger partial charge in [-0.15, -0.1) is 0 Å². The Hall–Kier alpha value is -4.46. The van der Waals surface area contributed by atoms with Crippen LogP contribution in [0.4, 0.5) is 23.0 Å². The number of nitrogens with zero attached hydrogens (tertiary/aromatic N) is 3. The van der Waals surface area contributed by atoms with Crippen LogP contribution in [0.2, 0.25) is 0 Å². The molecule has 0 bridgehead atoms. The minimum Gasteiger partial charge on any atom is -0.508 e. The summed E-state index contributed by atoms with van der Waals surface area (Å²) in [5.74, 6) is 0.0897. The average molecular weight is 567 g/mol. The number of sulfonamides is 1. The number of fused-ring (bicyclic) bond motifs is 1. The zero-order valence-corrected chi connectivity index (χ0v) is 23.0. The van der Waals surface area contributed by atoms with Crippen molar-refractivity contribution in [2.75, 3.05) is 56.3 Å². The van der Waals surface area contributed by atoms with Gasteiger partial charge in [0.25, 0.3) is 10.0 Å². The first-order valence-corrected chi connectivity index (χ1v) is 13.7. The van der Waals surface area contributed by atoms with E-state index < -0.39 is 10.0 Å². The molecule has 1 heterocycles.